The van der Waals surface area contributed by atoms with Gasteiger partial charge in [0.1, 0.15) is 17.1 Å². The molecule has 2 aromatic rings. The molecule has 2 N–H and O–H groups in total. The molecule has 0 aliphatic carbocycles. The Kier molecular flexibility index (Phi) is 5.41. The van der Waals surface area contributed by atoms with Crippen molar-refractivity contribution in [2.75, 3.05) is 5.32 Å². The fourth-order valence-electron chi connectivity index (χ4n) is 1.93. The molecule has 5 nitrogen and oxygen atoms in total. The van der Waals surface area contributed by atoms with Crippen LogP contribution >= 0.6 is 11.6 Å². The van der Waals surface area contributed by atoms with Crippen molar-refractivity contribution in [2.24, 2.45) is 0 Å². The van der Waals surface area contributed by atoms with Crippen molar-refractivity contribution < 1.29 is 23.8 Å². The van der Waals surface area contributed by atoms with E-state index in [0.29, 0.717) is 5.56 Å². The van der Waals surface area contributed by atoms with Crippen LogP contribution in [0.3, 0.4) is 0 Å². The Morgan fingerprint density at radius 3 is 2.67 bits per heavy atom. The fourth-order valence-corrected chi connectivity index (χ4v) is 2.14. The van der Waals surface area contributed by atoms with Gasteiger partial charge in [0.15, 0.2) is 6.10 Å². The number of amides is 1. The second-order valence-electron chi connectivity index (χ2n) is 5.13. The van der Waals surface area contributed by atoms with Crippen molar-refractivity contribution in [2.45, 2.75) is 20.0 Å². The number of nitrogens with one attached hydrogen (secondary N) is 1. The van der Waals surface area contributed by atoms with Crippen LogP contribution in [0.2, 0.25) is 5.02 Å². The number of hydrogen-bond donors (Lipinski definition) is 2. The number of hydrogen-bond acceptors (Lipinski definition) is 4. The largest absolute Gasteiger partial charge is 0.507 e. The Morgan fingerprint density at radius 2 is 2.00 bits per heavy atom. The first-order chi connectivity index (χ1) is 11.3. The second kappa shape index (κ2) is 7.31. The summed E-state index contributed by atoms with van der Waals surface area (Å²) in [7, 11) is 0. The number of aromatic hydroxyl groups is 1. The Labute approximate surface area is 143 Å². The number of esters is 1. The molecule has 1 atom stereocenters. The van der Waals surface area contributed by atoms with Crippen molar-refractivity contribution in [3.05, 3.63) is 58.4 Å². The molecule has 0 aliphatic heterocycles. The Hall–Kier alpha value is -2.60. The first kappa shape index (κ1) is 17.7. The Morgan fingerprint density at radius 1 is 1.29 bits per heavy atom. The number of phenolic OH excluding ortho intramolecular Hbond substituents is 1. The average molecular weight is 352 g/mol. The third kappa shape index (κ3) is 4.02. The van der Waals surface area contributed by atoms with E-state index in [1.165, 1.54) is 19.1 Å². The van der Waals surface area contributed by atoms with Crippen LogP contribution in [0.15, 0.2) is 36.4 Å². The number of carbonyl (C=O) groups is 2. The smallest absolute Gasteiger partial charge is 0.342 e. The molecule has 2 aromatic carbocycles. The maximum absolute atomic E-state index is 13.0. The van der Waals surface area contributed by atoms with Gasteiger partial charge in [-0.2, -0.15) is 0 Å². The number of rotatable bonds is 4. The number of benzene rings is 2. The highest BCUT2D eigenvalue weighted by Crippen LogP contribution is 2.24. The van der Waals surface area contributed by atoms with E-state index in [-0.39, 0.29) is 22.0 Å². The summed E-state index contributed by atoms with van der Waals surface area (Å²) >= 11 is 5.82. The van der Waals surface area contributed by atoms with Crippen molar-refractivity contribution in [1.82, 2.24) is 0 Å². The number of aryl methyl sites for hydroxylation is 1. The number of anilines is 1. The fraction of sp³-hybridized carbons (Fsp3) is 0.176. The summed E-state index contributed by atoms with van der Waals surface area (Å²) in [5, 5.41) is 12.3. The topological polar surface area (TPSA) is 75.6 Å². The standard InChI is InChI=1S/C17H15ClFNO4/c1-9-4-3-5-12(15(9)21)17(23)24-10(2)16(22)20-14-7-6-11(19)8-13(14)18/h3-8,10,21H,1-2H3,(H,20,22)/t10-/m1/s1. The molecule has 24 heavy (non-hydrogen) atoms. The second-order valence-corrected chi connectivity index (χ2v) is 5.54. The van der Waals surface area contributed by atoms with Crippen LogP contribution in [0.4, 0.5) is 10.1 Å². The van der Waals surface area contributed by atoms with Crippen molar-refractivity contribution in [3.63, 3.8) is 0 Å². The lowest BCUT2D eigenvalue weighted by Gasteiger charge is -2.15. The molecule has 0 heterocycles. The van der Waals surface area contributed by atoms with E-state index in [0.717, 1.165) is 12.1 Å². The van der Waals surface area contributed by atoms with E-state index < -0.39 is 23.8 Å². The quantitative estimate of drug-likeness (QED) is 0.824. The van der Waals surface area contributed by atoms with E-state index in [9.17, 15) is 19.1 Å². The molecule has 0 saturated heterocycles. The number of carbonyl (C=O) groups excluding carboxylic acids is 2. The van der Waals surface area contributed by atoms with Gasteiger partial charge < -0.3 is 15.2 Å². The van der Waals surface area contributed by atoms with Gasteiger partial charge in [-0.25, -0.2) is 9.18 Å². The summed E-state index contributed by atoms with van der Waals surface area (Å²) in [6.45, 7) is 3.01. The first-order valence-electron chi connectivity index (χ1n) is 7.05. The molecule has 7 heteroatoms. The van der Waals surface area contributed by atoms with E-state index in [1.54, 1.807) is 19.1 Å². The van der Waals surface area contributed by atoms with Gasteiger partial charge in [-0.1, -0.05) is 23.7 Å². The highest BCUT2D eigenvalue weighted by molar-refractivity contribution is 6.33. The van der Waals surface area contributed by atoms with Gasteiger partial charge in [0.25, 0.3) is 5.91 Å². The minimum absolute atomic E-state index is 0.0261. The third-order valence-corrected chi connectivity index (χ3v) is 3.61. The zero-order valence-corrected chi connectivity index (χ0v) is 13.7. The average Bonchev–Trinajstić information content (AvgIpc) is 2.52. The van der Waals surface area contributed by atoms with Gasteiger partial charge in [0.2, 0.25) is 0 Å². The molecule has 0 aromatic heterocycles. The van der Waals surface area contributed by atoms with E-state index in [1.807, 2.05) is 0 Å². The molecule has 0 aliphatic rings. The SMILES string of the molecule is Cc1cccc(C(=O)O[C@H](C)C(=O)Nc2ccc(F)cc2Cl)c1O. The van der Waals surface area contributed by atoms with E-state index in [4.69, 9.17) is 16.3 Å². The summed E-state index contributed by atoms with van der Waals surface area (Å²) < 4.78 is 18.0. The lowest BCUT2D eigenvalue weighted by atomic mass is 10.1. The van der Waals surface area contributed by atoms with Crippen LogP contribution in [-0.4, -0.2) is 23.1 Å². The molecule has 0 spiro atoms. The third-order valence-electron chi connectivity index (χ3n) is 3.30. The molecule has 0 radical (unpaired) electrons. The summed E-state index contributed by atoms with van der Waals surface area (Å²) in [4.78, 5) is 24.1. The molecule has 126 valence electrons. The Balaban J connectivity index is 2.06. The van der Waals surface area contributed by atoms with Crippen LogP contribution < -0.4 is 5.32 Å². The first-order valence-corrected chi connectivity index (χ1v) is 7.43. The lowest BCUT2D eigenvalue weighted by Crippen LogP contribution is -2.30. The predicted octanol–water partition coefficient (Wildman–Crippen LogP) is 3.68. The molecular formula is C17H15ClFNO4. The van der Waals surface area contributed by atoms with Gasteiger partial charge >= 0.3 is 5.97 Å². The summed E-state index contributed by atoms with van der Waals surface area (Å²) in [5.74, 6) is -2.20. The maximum Gasteiger partial charge on any atom is 0.342 e. The van der Waals surface area contributed by atoms with Crippen LogP contribution in [-0.2, 0) is 9.53 Å². The lowest BCUT2D eigenvalue weighted by molar-refractivity contribution is -0.123. The number of para-hydroxylation sites is 1. The van der Waals surface area contributed by atoms with Crippen LogP contribution in [0.1, 0.15) is 22.8 Å². The van der Waals surface area contributed by atoms with Crippen molar-refractivity contribution >= 4 is 29.2 Å². The highest BCUT2D eigenvalue weighted by Gasteiger charge is 2.22. The summed E-state index contributed by atoms with van der Waals surface area (Å²) in [5.41, 5.74) is 0.679. The molecule has 0 bridgehead atoms. The monoisotopic (exact) mass is 351 g/mol. The number of halogens is 2. The van der Waals surface area contributed by atoms with Gasteiger partial charge in [0.05, 0.1) is 10.7 Å². The predicted molar refractivity (Wildman–Crippen MR) is 87.8 cm³/mol. The molecule has 2 rings (SSSR count). The van der Waals surface area contributed by atoms with Gasteiger partial charge in [-0.05, 0) is 43.7 Å². The molecular weight excluding hydrogens is 337 g/mol. The Bertz CT molecular complexity index is 794. The molecule has 0 saturated carbocycles. The zero-order valence-electron chi connectivity index (χ0n) is 13.0. The van der Waals surface area contributed by atoms with Gasteiger partial charge in [-0.15, -0.1) is 0 Å². The molecule has 0 fully saturated rings. The normalized spacial score (nSPS) is 11.7. The number of phenols is 1. The molecule has 0 unspecified atom stereocenters. The zero-order chi connectivity index (χ0) is 17.9. The van der Waals surface area contributed by atoms with E-state index >= 15 is 0 Å². The highest BCUT2D eigenvalue weighted by atomic mass is 35.5. The maximum atomic E-state index is 13.0. The van der Waals surface area contributed by atoms with Gasteiger partial charge in [-0.3, -0.25) is 4.79 Å². The minimum Gasteiger partial charge on any atom is -0.507 e. The van der Waals surface area contributed by atoms with Crippen molar-refractivity contribution in [1.29, 1.82) is 0 Å². The summed E-state index contributed by atoms with van der Waals surface area (Å²) in [6, 6.07) is 8.12. The van der Waals surface area contributed by atoms with Gasteiger partial charge in [0, 0.05) is 0 Å². The minimum atomic E-state index is -1.14. The van der Waals surface area contributed by atoms with E-state index in [2.05, 4.69) is 5.32 Å². The molecule has 1 amide bonds. The number of ether oxygens (including phenoxy) is 1. The van der Waals surface area contributed by atoms with Crippen molar-refractivity contribution in [3.8, 4) is 5.75 Å². The van der Waals surface area contributed by atoms with Crippen LogP contribution in [0.25, 0.3) is 0 Å². The van der Waals surface area contributed by atoms with Crippen LogP contribution in [0.5, 0.6) is 5.75 Å². The summed E-state index contributed by atoms with van der Waals surface area (Å²) in [6.07, 6.45) is -1.14. The van der Waals surface area contributed by atoms with Crippen LogP contribution in [0, 0.1) is 12.7 Å².